The van der Waals surface area contributed by atoms with Crippen LogP contribution in [0.1, 0.15) is 5.56 Å². The third kappa shape index (κ3) is 4.76. The van der Waals surface area contributed by atoms with Crippen LogP contribution in [-0.2, 0) is 6.18 Å². The molecule has 0 saturated heterocycles. The van der Waals surface area contributed by atoms with Crippen LogP contribution in [0.3, 0.4) is 0 Å². The largest absolute Gasteiger partial charge is 0.481 e. The molecule has 0 bridgehead atoms. The molecule has 144 valence electrons. The summed E-state index contributed by atoms with van der Waals surface area (Å²) >= 11 is 0. The van der Waals surface area contributed by atoms with Crippen LogP contribution in [0.15, 0.2) is 61.1 Å². The number of amides is 2. The van der Waals surface area contributed by atoms with Gasteiger partial charge in [-0.1, -0.05) is 0 Å². The predicted octanol–water partition coefficient (Wildman–Crippen LogP) is 4.82. The number of alkyl halides is 3. The van der Waals surface area contributed by atoms with Crippen LogP contribution in [0.2, 0.25) is 0 Å². The van der Waals surface area contributed by atoms with Gasteiger partial charge < -0.3 is 15.4 Å². The molecular weight excluding hydrogens is 373 g/mol. The van der Waals surface area contributed by atoms with Gasteiger partial charge in [-0.05, 0) is 42.0 Å². The average molecular weight is 388 g/mol. The third-order valence-corrected chi connectivity index (χ3v) is 3.74. The summed E-state index contributed by atoms with van der Waals surface area (Å²) in [5.74, 6) is 0.339. The number of nitrogens with one attached hydrogen (secondary N) is 2. The van der Waals surface area contributed by atoms with Gasteiger partial charge >= 0.3 is 12.2 Å². The fraction of sp³-hybridized carbons (Fsp3) is 0.105. The average Bonchev–Trinajstić information content (AvgIpc) is 2.68. The van der Waals surface area contributed by atoms with Crippen LogP contribution in [0.4, 0.5) is 29.3 Å². The number of hydrogen-bond donors (Lipinski definition) is 2. The Morgan fingerprint density at radius 3 is 2.29 bits per heavy atom. The van der Waals surface area contributed by atoms with E-state index in [1.54, 1.807) is 24.3 Å². The molecule has 3 rings (SSSR count). The number of hydrogen-bond acceptors (Lipinski definition) is 4. The molecule has 0 radical (unpaired) electrons. The number of benzene rings is 1. The number of aromatic nitrogens is 2. The molecule has 0 aliphatic rings. The van der Waals surface area contributed by atoms with Crippen molar-refractivity contribution in [1.29, 1.82) is 0 Å². The van der Waals surface area contributed by atoms with E-state index in [-0.39, 0.29) is 11.3 Å². The van der Waals surface area contributed by atoms with E-state index in [0.717, 1.165) is 12.1 Å². The fourth-order valence-corrected chi connectivity index (χ4v) is 2.43. The lowest BCUT2D eigenvalue weighted by Gasteiger charge is -2.14. The van der Waals surface area contributed by atoms with Crippen molar-refractivity contribution in [3.05, 3.63) is 66.6 Å². The maximum Gasteiger partial charge on any atom is 0.416 e. The number of nitrogens with zero attached hydrogens (tertiary/aromatic N) is 2. The Labute approximate surface area is 158 Å². The van der Waals surface area contributed by atoms with Crippen molar-refractivity contribution in [3.8, 4) is 17.0 Å². The first kappa shape index (κ1) is 19.2. The summed E-state index contributed by atoms with van der Waals surface area (Å²) < 4.78 is 44.8. The number of carbonyl (C=O) groups excluding carboxylic acids is 1. The van der Waals surface area contributed by atoms with Gasteiger partial charge in [0.15, 0.2) is 0 Å². The minimum Gasteiger partial charge on any atom is -0.481 e. The molecule has 2 amide bonds. The zero-order valence-corrected chi connectivity index (χ0v) is 14.6. The number of carbonyl (C=O) groups is 1. The first-order valence-electron chi connectivity index (χ1n) is 8.06. The van der Waals surface area contributed by atoms with Crippen molar-refractivity contribution in [2.45, 2.75) is 6.18 Å². The van der Waals surface area contributed by atoms with Gasteiger partial charge in [-0.25, -0.2) is 9.78 Å². The lowest BCUT2D eigenvalue weighted by Crippen LogP contribution is -2.20. The van der Waals surface area contributed by atoms with Gasteiger partial charge in [-0.2, -0.15) is 13.2 Å². The summed E-state index contributed by atoms with van der Waals surface area (Å²) in [5.41, 5.74) is 0.264. The quantitative estimate of drug-likeness (QED) is 0.672. The molecule has 6 nitrogen and oxygen atoms in total. The van der Waals surface area contributed by atoms with Gasteiger partial charge in [-0.15, -0.1) is 0 Å². The number of rotatable bonds is 4. The van der Waals surface area contributed by atoms with E-state index in [1.165, 1.54) is 31.8 Å². The fourth-order valence-electron chi connectivity index (χ4n) is 2.43. The zero-order chi connectivity index (χ0) is 20.1. The van der Waals surface area contributed by atoms with Crippen LogP contribution in [0.25, 0.3) is 11.1 Å². The Morgan fingerprint density at radius 1 is 0.964 bits per heavy atom. The maximum absolute atomic E-state index is 13.3. The first-order chi connectivity index (χ1) is 13.3. The van der Waals surface area contributed by atoms with E-state index in [9.17, 15) is 18.0 Å². The van der Waals surface area contributed by atoms with Crippen LogP contribution >= 0.6 is 0 Å². The summed E-state index contributed by atoms with van der Waals surface area (Å²) in [6.45, 7) is 0. The minimum atomic E-state index is -4.58. The highest BCUT2D eigenvalue weighted by Gasteiger charge is 2.31. The Hall–Kier alpha value is -3.62. The molecule has 0 unspecified atom stereocenters. The lowest BCUT2D eigenvalue weighted by atomic mass is 10.0. The summed E-state index contributed by atoms with van der Waals surface area (Å²) in [7, 11) is 1.44. The molecule has 2 N–H and O–H groups in total. The Morgan fingerprint density at radius 2 is 1.68 bits per heavy atom. The molecule has 2 aromatic heterocycles. The van der Waals surface area contributed by atoms with Gasteiger partial charge in [0.25, 0.3) is 0 Å². The molecule has 0 saturated carbocycles. The monoisotopic (exact) mass is 388 g/mol. The van der Waals surface area contributed by atoms with Crippen molar-refractivity contribution in [2.24, 2.45) is 0 Å². The van der Waals surface area contributed by atoms with Gasteiger partial charge in [0.05, 0.1) is 12.7 Å². The number of pyridine rings is 2. The second-order valence-electron chi connectivity index (χ2n) is 5.70. The Bertz CT molecular complexity index is 961. The number of halogens is 3. The lowest BCUT2D eigenvalue weighted by molar-refractivity contribution is -0.137. The van der Waals surface area contributed by atoms with Crippen molar-refractivity contribution in [3.63, 3.8) is 0 Å². The predicted molar refractivity (Wildman–Crippen MR) is 98.1 cm³/mol. The minimum absolute atomic E-state index is 0.00722. The smallest absolute Gasteiger partial charge is 0.416 e. The molecule has 1 aromatic carbocycles. The van der Waals surface area contributed by atoms with Gasteiger partial charge in [0.2, 0.25) is 5.88 Å². The standard InChI is InChI=1S/C19H15F3N4O2/c1-28-17-3-2-12(11-24-17)13-8-14(19(20,21)22)10-16(9-13)26-18(27)25-15-4-6-23-7-5-15/h2-11H,1H3,(H2,23,25,26,27). The Kier molecular flexibility index (Phi) is 5.44. The van der Waals surface area contributed by atoms with Crippen LogP contribution in [-0.4, -0.2) is 23.1 Å². The van der Waals surface area contributed by atoms with Crippen molar-refractivity contribution in [2.75, 3.05) is 17.7 Å². The van der Waals surface area contributed by atoms with E-state index in [4.69, 9.17) is 4.74 Å². The summed E-state index contributed by atoms with van der Waals surface area (Å²) in [6.07, 6.45) is -0.216. The van der Waals surface area contributed by atoms with Gasteiger partial charge in [-0.3, -0.25) is 4.98 Å². The van der Waals surface area contributed by atoms with Crippen LogP contribution in [0, 0.1) is 0 Å². The summed E-state index contributed by atoms with van der Waals surface area (Å²) in [6, 6.07) is 8.86. The van der Waals surface area contributed by atoms with E-state index in [0.29, 0.717) is 17.1 Å². The highest BCUT2D eigenvalue weighted by atomic mass is 19.4. The van der Waals surface area contributed by atoms with E-state index < -0.39 is 17.8 Å². The Balaban J connectivity index is 1.90. The van der Waals surface area contributed by atoms with Gasteiger partial charge in [0, 0.05) is 41.6 Å². The maximum atomic E-state index is 13.3. The van der Waals surface area contributed by atoms with E-state index >= 15 is 0 Å². The zero-order valence-electron chi connectivity index (χ0n) is 14.6. The van der Waals surface area contributed by atoms with Gasteiger partial charge in [0.1, 0.15) is 0 Å². The summed E-state index contributed by atoms with van der Waals surface area (Å²) in [4.78, 5) is 19.9. The van der Waals surface area contributed by atoms with Crippen LogP contribution in [0.5, 0.6) is 5.88 Å². The molecule has 0 fully saturated rings. The number of anilines is 2. The molecule has 28 heavy (non-hydrogen) atoms. The van der Waals surface area contributed by atoms with Crippen LogP contribution < -0.4 is 15.4 Å². The molecule has 0 atom stereocenters. The molecule has 9 heteroatoms. The second-order valence-corrected chi connectivity index (χ2v) is 5.70. The summed E-state index contributed by atoms with van der Waals surface area (Å²) in [5, 5.41) is 4.94. The topological polar surface area (TPSA) is 76.1 Å². The molecule has 0 spiro atoms. The third-order valence-electron chi connectivity index (χ3n) is 3.74. The number of ether oxygens (including phenoxy) is 1. The normalized spacial score (nSPS) is 11.0. The highest BCUT2D eigenvalue weighted by molar-refractivity contribution is 6.00. The first-order valence-corrected chi connectivity index (χ1v) is 8.06. The number of methoxy groups -OCH3 is 1. The van der Waals surface area contributed by atoms with E-state index in [2.05, 4.69) is 20.6 Å². The molecule has 2 heterocycles. The molecule has 0 aliphatic heterocycles. The van der Waals surface area contributed by atoms with Crippen molar-refractivity contribution < 1.29 is 22.7 Å². The number of urea groups is 1. The van der Waals surface area contributed by atoms with Crippen molar-refractivity contribution in [1.82, 2.24) is 9.97 Å². The van der Waals surface area contributed by atoms with E-state index in [1.807, 2.05) is 0 Å². The molecule has 3 aromatic rings. The van der Waals surface area contributed by atoms with Crippen molar-refractivity contribution >= 4 is 17.4 Å². The second kappa shape index (κ2) is 7.95. The SMILES string of the molecule is COc1ccc(-c2cc(NC(=O)Nc3ccncc3)cc(C(F)(F)F)c2)cn1. The highest BCUT2D eigenvalue weighted by Crippen LogP contribution is 2.35. The molecular formula is C19H15F3N4O2. The molecule has 0 aliphatic carbocycles.